The number of hydrogen-bond acceptors (Lipinski definition) is 6. The van der Waals surface area contributed by atoms with Crippen LogP contribution in [0, 0.1) is 0 Å². The van der Waals surface area contributed by atoms with Gasteiger partial charge < -0.3 is 4.74 Å². The molecule has 0 aliphatic rings. The van der Waals surface area contributed by atoms with E-state index in [1.165, 1.54) is 16.0 Å². The van der Waals surface area contributed by atoms with E-state index in [-0.39, 0.29) is 17.8 Å². The topological polar surface area (TPSA) is 86.1 Å². The van der Waals surface area contributed by atoms with Crippen LogP contribution in [0.4, 0.5) is 5.13 Å². The van der Waals surface area contributed by atoms with Crippen molar-refractivity contribution < 1.29 is 9.53 Å². The fourth-order valence-corrected chi connectivity index (χ4v) is 4.40. The molecular formula is C24H18N4O3S. The summed E-state index contributed by atoms with van der Waals surface area (Å²) in [5.74, 6) is 0.300. The van der Waals surface area contributed by atoms with Crippen molar-refractivity contribution in [1.29, 1.82) is 0 Å². The Labute approximate surface area is 186 Å². The Balaban J connectivity index is 1.54. The Hall–Kier alpha value is -4.04. The number of amides is 1. The zero-order chi connectivity index (χ0) is 22.1. The minimum absolute atomic E-state index is 0.174. The molecule has 5 rings (SSSR count). The maximum atomic E-state index is 13.2. The third-order valence-electron chi connectivity index (χ3n) is 5.07. The first kappa shape index (κ1) is 19.9. The lowest BCUT2D eigenvalue weighted by atomic mass is 10.1. The molecule has 1 N–H and O–H groups in total. The molecule has 0 bridgehead atoms. The zero-order valence-electron chi connectivity index (χ0n) is 17.1. The number of carbonyl (C=O) groups is 1. The molecule has 0 atom stereocenters. The summed E-state index contributed by atoms with van der Waals surface area (Å²) in [6.07, 6.45) is 0. The molecule has 0 unspecified atom stereocenters. The molecule has 3 aromatic carbocycles. The number of rotatable bonds is 5. The van der Waals surface area contributed by atoms with E-state index < -0.39 is 5.91 Å². The molecule has 0 saturated heterocycles. The first-order valence-corrected chi connectivity index (χ1v) is 10.7. The molecule has 1 amide bonds. The normalized spacial score (nSPS) is 11.0. The van der Waals surface area contributed by atoms with Crippen molar-refractivity contribution in [3.8, 4) is 5.75 Å². The number of thiazole rings is 1. The molecule has 2 heterocycles. The maximum absolute atomic E-state index is 13.2. The van der Waals surface area contributed by atoms with Crippen molar-refractivity contribution >= 4 is 43.4 Å². The van der Waals surface area contributed by atoms with Crippen LogP contribution in [0.1, 0.15) is 16.1 Å². The van der Waals surface area contributed by atoms with Gasteiger partial charge in [-0.25, -0.2) is 9.67 Å². The number of nitrogens with one attached hydrogen (secondary N) is 1. The predicted molar refractivity (Wildman–Crippen MR) is 126 cm³/mol. The average Bonchev–Trinajstić information content (AvgIpc) is 3.22. The van der Waals surface area contributed by atoms with E-state index in [1.807, 2.05) is 48.5 Å². The second-order valence-electron chi connectivity index (χ2n) is 7.15. The van der Waals surface area contributed by atoms with Crippen LogP contribution >= 0.6 is 11.3 Å². The van der Waals surface area contributed by atoms with Gasteiger partial charge in [0.15, 0.2) is 10.8 Å². The second-order valence-corrected chi connectivity index (χ2v) is 8.18. The Kier molecular flexibility index (Phi) is 5.12. The van der Waals surface area contributed by atoms with Gasteiger partial charge in [0.25, 0.3) is 11.5 Å². The van der Waals surface area contributed by atoms with Crippen LogP contribution in [-0.4, -0.2) is 27.8 Å². The number of fused-ring (bicyclic) bond motifs is 2. The van der Waals surface area contributed by atoms with Crippen LogP contribution in [0.5, 0.6) is 5.75 Å². The van der Waals surface area contributed by atoms with E-state index in [9.17, 15) is 9.59 Å². The molecule has 158 valence electrons. The Morgan fingerprint density at radius 2 is 1.78 bits per heavy atom. The highest BCUT2D eigenvalue weighted by atomic mass is 32.1. The smallest absolute Gasteiger partial charge is 0.278 e. The number of benzene rings is 3. The molecule has 0 aliphatic carbocycles. The van der Waals surface area contributed by atoms with Crippen LogP contribution in [0.25, 0.3) is 21.0 Å². The second kappa shape index (κ2) is 8.24. The van der Waals surface area contributed by atoms with Crippen molar-refractivity contribution in [3.63, 3.8) is 0 Å². The van der Waals surface area contributed by atoms with Crippen LogP contribution in [-0.2, 0) is 6.54 Å². The minimum Gasteiger partial charge on any atom is -0.497 e. The summed E-state index contributed by atoms with van der Waals surface area (Å²) in [5, 5.41) is 8.65. The lowest BCUT2D eigenvalue weighted by molar-refractivity contribution is 0.102. The van der Waals surface area contributed by atoms with Gasteiger partial charge in [0.1, 0.15) is 5.75 Å². The zero-order valence-corrected chi connectivity index (χ0v) is 17.9. The van der Waals surface area contributed by atoms with Crippen molar-refractivity contribution in [3.05, 3.63) is 94.4 Å². The number of carbonyl (C=O) groups excluding carboxylic acids is 1. The number of aromatic nitrogens is 3. The molecule has 32 heavy (non-hydrogen) atoms. The molecule has 7 nitrogen and oxygen atoms in total. The van der Waals surface area contributed by atoms with Crippen molar-refractivity contribution in [2.45, 2.75) is 6.54 Å². The largest absolute Gasteiger partial charge is 0.497 e. The van der Waals surface area contributed by atoms with E-state index in [1.54, 1.807) is 31.4 Å². The lowest BCUT2D eigenvalue weighted by Crippen LogP contribution is -2.28. The summed E-state index contributed by atoms with van der Waals surface area (Å²) in [7, 11) is 1.60. The molecule has 0 aliphatic heterocycles. The van der Waals surface area contributed by atoms with E-state index >= 15 is 0 Å². The van der Waals surface area contributed by atoms with E-state index in [0.717, 1.165) is 21.5 Å². The highest BCUT2D eigenvalue weighted by Crippen LogP contribution is 2.29. The Morgan fingerprint density at radius 1 is 1.03 bits per heavy atom. The van der Waals surface area contributed by atoms with Crippen LogP contribution in [0.3, 0.4) is 0 Å². The average molecular weight is 443 g/mol. The number of methoxy groups -OCH3 is 1. The van der Waals surface area contributed by atoms with Crippen LogP contribution in [0.15, 0.2) is 77.6 Å². The van der Waals surface area contributed by atoms with Gasteiger partial charge in [-0.3, -0.25) is 14.9 Å². The number of ether oxygens (including phenoxy) is 1. The fraction of sp³-hybridized carbons (Fsp3) is 0.0833. The van der Waals surface area contributed by atoms with E-state index in [4.69, 9.17) is 4.74 Å². The summed E-state index contributed by atoms with van der Waals surface area (Å²) in [6, 6.07) is 22.1. The molecule has 0 saturated carbocycles. The van der Waals surface area contributed by atoms with Gasteiger partial charge in [-0.05, 0) is 29.8 Å². The third-order valence-corrected chi connectivity index (χ3v) is 6.01. The SMILES string of the molecule is COc1ccc2nc(NC(=O)c3nn(Cc4ccccc4)c(=O)c4ccccc34)sc2c1. The summed E-state index contributed by atoms with van der Waals surface area (Å²) >= 11 is 1.35. The molecular weight excluding hydrogens is 424 g/mol. The molecule has 2 aromatic heterocycles. The van der Waals surface area contributed by atoms with Crippen molar-refractivity contribution in [2.24, 2.45) is 0 Å². The van der Waals surface area contributed by atoms with Gasteiger partial charge in [-0.1, -0.05) is 59.9 Å². The summed E-state index contributed by atoms with van der Waals surface area (Å²) < 4.78 is 7.48. The summed E-state index contributed by atoms with van der Waals surface area (Å²) in [4.78, 5) is 30.7. The Bertz CT molecular complexity index is 1510. The first-order valence-electron chi connectivity index (χ1n) is 9.92. The maximum Gasteiger partial charge on any atom is 0.278 e. The van der Waals surface area contributed by atoms with Gasteiger partial charge in [0.05, 0.1) is 29.3 Å². The van der Waals surface area contributed by atoms with Gasteiger partial charge in [-0.2, -0.15) is 5.10 Å². The predicted octanol–water partition coefficient (Wildman–Crippen LogP) is 4.32. The first-order chi connectivity index (χ1) is 15.6. The lowest BCUT2D eigenvalue weighted by Gasteiger charge is -2.10. The number of anilines is 1. The van der Waals surface area contributed by atoms with Crippen LogP contribution in [0.2, 0.25) is 0 Å². The standard InChI is InChI=1S/C24H18N4O3S/c1-31-16-11-12-19-20(13-16)32-24(25-19)26-22(29)21-17-9-5-6-10-18(17)23(30)28(27-21)14-15-7-3-2-4-8-15/h2-13H,14H2,1H3,(H,25,26,29). The van der Waals surface area contributed by atoms with E-state index in [0.29, 0.717) is 15.9 Å². The Morgan fingerprint density at radius 3 is 2.56 bits per heavy atom. The molecule has 8 heteroatoms. The highest BCUT2D eigenvalue weighted by molar-refractivity contribution is 7.22. The third kappa shape index (κ3) is 3.72. The van der Waals surface area contributed by atoms with Crippen LogP contribution < -0.4 is 15.6 Å². The van der Waals surface area contributed by atoms with Gasteiger partial charge in [-0.15, -0.1) is 0 Å². The molecule has 0 radical (unpaired) electrons. The summed E-state index contributed by atoms with van der Waals surface area (Å²) in [5.41, 5.74) is 1.61. The molecule has 0 spiro atoms. The fourth-order valence-electron chi connectivity index (χ4n) is 3.51. The minimum atomic E-state index is -0.422. The number of hydrogen-bond donors (Lipinski definition) is 1. The van der Waals surface area contributed by atoms with Gasteiger partial charge in [0, 0.05) is 5.39 Å². The highest BCUT2D eigenvalue weighted by Gasteiger charge is 2.18. The monoisotopic (exact) mass is 442 g/mol. The number of nitrogens with zero attached hydrogens (tertiary/aromatic N) is 3. The molecule has 5 aromatic rings. The van der Waals surface area contributed by atoms with Crippen molar-refractivity contribution in [2.75, 3.05) is 12.4 Å². The molecule has 0 fully saturated rings. The van der Waals surface area contributed by atoms with E-state index in [2.05, 4.69) is 15.4 Å². The van der Waals surface area contributed by atoms with Crippen molar-refractivity contribution in [1.82, 2.24) is 14.8 Å². The van der Waals surface area contributed by atoms with Gasteiger partial charge >= 0.3 is 0 Å². The summed E-state index contributed by atoms with van der Waals surface area (Å²) in [6.45, 7) is 0.270. The van der Waals surface area contributed by atoms with Gasteiger partial charge in [0.2, 0.25) is 0 Å². The quantitative estimate of drug-likeness (QED) is 0.438.